The van der Waals surface area contributed by atoms with Gasteiger partial charge in [-0.05, 0) is 67.1 Å². The van der Waals surface area contributed by atoms with E-state index in [9.17, 15) is 4.79 Å². The Morgan fingerprint density at radius 3 is 2.43 bits per heavy atom. The second-order valence-electron chi connectivity index (χ2n) is 5.38. The van der Waals surface area contributed by atoms with Gasteiger partial charge in [0.05, 0.1) is 0 Å². The average Bonchev–Trinajstić information content (AvgIpc) is 2.90. The molecule has 0 spiro atoms. The fraction of sp³-hybridized carbons (Fsp3) is 0.235. The van der Waals surface area contributed by atoms with Gasteiger partial charge >= 0.3 is 6.03 Å². The lowest BCUT2D eigenvalue weighted by molar-refractivity contribution is 0.262. The highest BCUT2D eigenvalue weighted by Crippen LogP contribution is 2.25. The fourth-order valence-electron chi connectivity index (χ4n) is 2.61. The number of benzene rings is 2. The third-order valence-electron chi connectivity index (χ3n) is 3.79. The Morgan fingerprint density at radius 2 is 1.67 bits per heavy atom. The van der Waals surface area contributed by atoms with Gasteiger partial charge in [0, 0.05) is 16.4 Å². The molecule has 108 valence electrons. The second kappa shape index (κ2) is 5.78. The van der Waals surface area contributed by atoms with Crippen molar-refractivity contribution < 1.29 is 4.79 Å². The lowest BCUT2D eigenvalue weighted by Crippen LogP contribution is -2.19. The third-order valence-corrected chi connectivity index (χ3v) is 4.19. The zero-order chi connectivity index (χ0) is 14.8. The number of hydrogen-bond donors (Lipinski definition) is 2. The molecule has 3 rings (SSSR count). The highest BCUT2D eigenvalue weighted by Gasteiger charge is 2.12. The minimum Gasteiger partial charge on any atom is -0.308 e. The molecule has 0 bridgehead atoms. The van der Waals surface area contributed by atoms with Crippen molar-refractivity contribution in [1.82, 2.24) is 0 Å². The van der Waals surface area contributed by atoms with Gasteiger partial charge in [-0.1, -0.05) is 23.7 Å². The highest BCUT2D eigenvalue weighted by molar-refractivity contribution is 6.31. The van der Waals surface area contributed by atoms with Crippen molar-refractivity contribution in [3.05, 3.63) is 58.1 Å². The molecule has 0 fully saturated rings. The molecule has 0 radical (unpaired) electrons. The van der Waals surface area contributed by atoms with Crippen molar-refractivity contribution in [2.24, 2.45) is 0 Å². The van der Waals surface area contributed by atoms with Crippen molar-refractivity contribution in [3.8, 4) is 0 Å². The first-order chi connectivity index (χ1) is 10.1. The van der Waals surface area contributed by atoms with Crippen LogP contribution in [0.25, 0.3) is 0 Å². The van der Waals surface area contributed by atoms with Gasteiger partial charge < -0.3 is 10.6 Å². The summed E-state index contributed by atoms with van der Waals surface area (Å²) in [6, 6.07) is 11.3. The van der Waals surface area contributed by atoms with Gasteiger partial charge in [-0.3, -0.25) is 0 Å². The summed E-state index contributed by atoms with van der Waals surface area (Å²) in [5.41, 5.74) is 5.23. The van der Waals surface area contributed by atoms with E-state index >= 15 is 0 Å². The molecule has 2 aromatic rings. The minimum atomic E-state index is -0.257. The van der Waals surface area contributed by atoms with Crippen LogP contribution in [0.15, 0.2) is 36.4 Å². The lowest BCUT2D eigenvalue weighted by Gasteiger charge is -2.10. The normalized spacial score (nSPS) is 12.9. The van der Waals surface area contributed by atoms with Crippen molar-refractivity contribution in [1.29, 1.82) is 0 Å². The van der Waals surface area contributed by atoms with Crippen LogP contribution in [0.1, 0.15) is 23.1 Å². The molecule has 21 heavy (non-hydrogen) atoms. The molecule has 0 aromatic heterocycles. The Kier molecular flexibility index (Phi) is 3.84. The Balaban J connectivity index is 1.67. The molecule has 0 unspecified atom stereocenters. The largest absolute Gasteiger partial charge is 0.323 e. The maximum absolute atomic E-state index is 12.0. The molecule has 2 aromatic carbocycles. The molecule has 0 saturated carbocycles. The van der Waals surface area contributed by atoms with E-state index in [-0.39, 0.29) is 6.03 Å². The smallest absolute Gasteiger partial charge is 0.308 e. The molecular formula is C17H17ClN2O. The highest BCUT2D eigenvalue weighted by atomic mass is 35.5. The zero-order valence-corrected chi connectivity index (χ0v) is 12.6. The van der Waals surface area contributed by atoms with Crippen LogP contribution < -0.4 is 10.6 Å². The van der Waals surface area contributed by atoms with Crippen molar-refractivity contribution in [3.63, 3.8) is 0 Å². The molecular weight excluding hydrogens is 284 g/mol. The monoisotopic (exact) mass is 300 g/mol. The van der Waals surface area contributed by atoms with E-state index in [0.717, 1.165) is 24.1 Å². The number of carbonyl (C=O) groups excluding carboxylic acids is 1. The molecule has 0 aliphatic heterocycles. The van der Waals surface area contributed by atoms with Gasteiger partial charge in [0.25, 0.3) is 0 Å². The number of urea groups is 1. The number of rotatable bonds is 2. The molecule has 1 aliphatic rings. The predicted molar refractivity (Wildman–Crippen MR) is 87.3 cm³/mol. The number of amides is 2. The van der Waals surface area contributed by atoms with Crippen molar-refractivity contribution in [2.45, 2.75) is 26.2 Å². The molecule has 3 nitrogen and oxygen atoms in total. The summed E-state index contributed by atoms with van der Waals surface area (Å²) >= 11 is 6.05. The van der Waals surface area contributed by atoms with Crippen LogP contribution >= 0.6 is 11.6 Å². The van der Waals surface area contributed by atoms with E-state index in [0.29, 0.717) is 10.7 Å². The number of carbonyl (C=O) groups is 1. The quantitative estimate of drug-likeness (QED) is 0.823. The van der Waals surface area contributed by atoms with Gasteiger partial charge in [0.1, 0.15) is 0 Å². The Morgan fingerprint density at radius 1 is 1.00 bits per heavy atom. The summed E-state index contributed by atoms with van der Waals surface area (Å²) in [6.45, 7) is 1.93. The number of fused-ring (bicyclic) bond motifs is 1. The van der Waals surface area contributed by atoms with Crippen LogP contribution in [0.3, 0.4) is 0 Å². The molecule has 2 amide bonds. The molecule has 0 atom stereocenters. The number of nitrogens with one attached hydrogen (secondary N) is 2. The molecule has 0 heterocycles. The van der Waals surface area contributed by atoms with E-state index in [1.807, 2.05) is 25.1 Å². The molecule has 4 heteroatoms. The summed E-state index contributed by atoms with van der Waals surface area (Å²) in [5, 5.41) is 6.30. The molecule has 2 N–H and O–H groups in total. The van der Waals surface area contributed by atoms with Crippen LogP contribution in [-0.4, -0.2) is 6.03 Å². The molecule has 1 aliphatic carbocycles. The summed E-state index contributed by atoms with van der Waals surface area (Å²) in [5.74, 6) is 0. The van der Waals surface area contributed by atoms with Crippen LogP contribution in [0, 0.1) is 6.92 Å². The summed E-state index contributed by atoms with van der Waals surface area (Å²) in [4.78, 5) is 12.0. The minimum absolute atomic E-state index is 0.257. The number of hydrogen-bond acceptors (Lipinski definition) is 1. The number of halogens is 1. The average molecular weight is 301 g/mol. The van der Waals surface area contributed by atoms with Crippen LogP contribution in [0.5, 0.6) is 0 Å². The zero-order valence-electron chi connectivity index (χ0n) is 11.9. The second-order valence-corrected chi connectivity index (χ2v) is 5.79. The van der Waals surface area contributed by atoms with Gasteiger partial charge in [0.2, 0.25) is 0 Å². The van der Waals surface area contributed by atoms with Crippen molar-refractivity contribution in [2.75, 3.05) is 10.6 Å². The first-order valence-corrected chi connectivity index (χ1v) is 7.45. The van der Waals surface area contributed by atoms with E-state index in [4.69, 9.17) is 11.6 Å². The Hall–Kier alpha value is -2.00. The van der Waals surface area contributed by atoms with Gasteiger partial charge in [-0.25, -0.2) is 4.79 Å². The number of anilines is 2. The van der Waals surface area contributed by atoms with E-state index in [1.54, 1.807) is 6.07 Å². The molecule has 0 saturated heterocycles. The van der Waals surface area contributed by atoms with Crippen LogP contribution in [-0.2, 0) is 12.8 Å². The van der Waals surface area contributed by atoms with Gasteiger partial charge in [0.15, 0.2) is 0 Å². The first-order valence-electron chi connectivity index (χ1n) is 7.08. The van der Waals surface area contributed by atoms with E-state index in [1.165, 1.54) is 17.5 Å². The maximum atomic E-state index is 12.0. The van der Waals surface area contributed by atoms with E-state index in [2.05, 4.69) is 22.8 Å². The number of aryl methyl sites for hydroxylation is 3. The Bertz CT molecular complexity index is 697. The van der Waals surface area contributed by atoms with Gasteiger partial charge in [-0.2, -0.15) is 0 Å². The summed E-state index contributed by atoms with van der Waals surface area (Å²) in [6.07, 6.45) is 3.44. The standard InChI is InChI=1S/C17H17ClN2O/c1-11-5-7-15(10-16(11)18)20-17(21)19-14-8-6-12-3-2-4-13(12)9-14/h5-10H,2-4H2,1H3,(H2,19,20,21). The Labute approximate surface area is 129 Å². The van der Waals surface area contributed by atoms with E-state index < -0.39 is 0 Å². The predicted octanol–water partition coefficient (Wildman–Crippen LogP) is 4.78. The topological polar surface area (TPSA) is 41.1 Å². The van der Waals surface area contributed by atoms with Gasteiger partial charge in [-0.15, -0.1) is 0 Å². The fourth-order valence-corrected chi connectivity index (χ4v) is 2.79. The first kappa shape index (κ1) is 14.0. The van der Waals surface area contributed by atoms with Crippen molar-refractivity contribution >= 4 is 29.0 Å². The van der Waals surface area contributed by atoms with Crippen LogP contribution in [0.2, 0.25) is 5.02 Å². The maximum Gasteiger partial charge on any atom is 0.323 e. The summed E-state index contributed by atoms with van der Waals surface area (Å²) in [7, 11) is 0. The van der Waals surface area contributed by atoms with Crippen LogP contribution in [0.4, 0.5) is 16.2 Å². The summed E-state index contributed by atoms with van der Waals surface area (Å²) < 4.78 is 0. The lowest BCUT2D eigenvalue weighted by atomic mass is 10.1. The SMILES string of the molecule is Cc1ccc(NC(=O)Nc2ccc3c(c2)CCC3)cc1Cl. The third kappa shape index (κ3) is 3.19.